The van der Waals surface area contributed by atoms with E-state index in [1.54, 1.807) is 26.0 Å². The molecule has 0 fully saturated rings. The van der Waals surface area contributed by atoms with Crippen LogP contribution in [0, 0.1) is 0 Å². The maximum atomic E-state index is 11.7. The lowest BCUT2D eigenvalue weighted by molar-refractivity contribution is -0.137. The molecule has 3 nitrogen and oxygen atoms in total. The first-order chi connectivity index (χ1) is 7.08. The van der Waals surface area contributed by atoms with Gasteiger partial charge in [0.05, 0.1) is 7.11 Å². The molecule has 0 saturated heterocycles. The van der Waals surface area contributed by atoms with Crippen LogP contribution in [-0.2, 0) is 14.3 Å². The number of Topliss-reactive ketones (excluding diaryl/α,β-unsaturated/α-hetero) is 1. The highest BCUT2D eigenvalue weighted by Crippen LogP contribution is 2.09. The average molecular weight is 210 g/mol. The van der Waals surface area contributed by atoms with Gasteiger partial charge in [-0.25, -0.2) is 4.79 Å². The Morgan fingerprint density at radius 3 is 2.33 bits per heavy atom. The van der Waals surface area contributed by atoms with Crippen LogP contribution in [0.2, 0.25) is 0 Å². The molecule has 0 heterocycles. The Morgan fingerprint density at radius 1 is 1.33 bits per heavy atom. The molecular weight excluding hydrogens is 192 g/mol. The van der Waals surface area contributed by atoms with Crippen LogP contribution in [0.3, 0.4) is 0 Å². The number of hydrogen-bond donors (Lipinski definition) is 0. The lowest BCUT2D eigenvalue weighted by Gasteiger charge is -2.04. The third-order valence-corrected chi connectivity index (χ3v) is 2.08. The minimum absolute atomic E-state index is 0.134. The third-order valence-electron chi connectivity index (χ3n) is 2.08. The zero-order valence-corrected chi connectivity index (χ0v) is 9.79. The van der Waals surface area contributed by atoms with E-state index >= 15 is 0 Å². The Labute approximate surface area is 90.8 Å². The normalized spacial score (nSPS) is 12.5. The highest BCUT2D eigenvalue weighted by molar-refractivity contribution is 6.23. The van der Waals surface area contributed by atoms with Crippen LogP contribution in [0.4, 0.5) is 0 Å². The maximum absolute atomic E-state index is 11.7. The third kappa shape index (κ3) is 4.11. The number of methoxy groups -OCH3 is 1. The van der Waals surface area contributed by atoms with Crippen molar-refractivity contribution in [3.8, 4) is 0 Å². The maximum Gasteiger partial charge on any atom is 0.341 e. The molecule has 0 spiro atoms. The molecule has 0 atom stereocenters. The van der Waals surface area contributed by atoms with Crippen LogP contribution < -0.4 is 0 Å². The zero-order valence-electron chi connectivity index (χ0n) is 9.79. The number of hydrogen-bond acceptors (Lipinski definition) is 3. The van der Waals surface area contributed by atoms with E-state index in [1.807, 2.05) is 6.92 Å². The van der Waals surface area contributed by atoms with Crippen molar-refractivity contribution in [2.24, 2.45) is 0 Å². The van der Waals surface area contributed by atoms with E-state index in [0.29, 0.717) is 12.0 Å². The molecule has 0 aliphatic heterocycles. The monoisotopic (exact) mass is 210 g/mol. The molecule has 15 heavy (non-hydrogen) atoms. The van der Waals surface area contributed by atoms with Gasteiger partial charge in [-0.1, -0.05) is 25.5 Å². The van der Waals surface area contributed by atoms with Gasteiger partial charge in [0.1, 0.15) is 5.57 Å². The van der Waals surface area contributed by atoms with Crippen LogP contribution >= 0.6 is 0 Å². The highest BCUT2D eigenvalue weighted by Gasteiger charge is 2.18. The summed E-state index contributed by atoms with van der Waals surface area (Å²) in [6.07, 6.45) is 4.92. The van der Waals surface area contributed by atoms with Crippen molar-refractivity contribution in [2.75, 3.05) is 7.11 Å². The van der Waals surface area contributed by atoms with E-state index in [2.05, 4.69) is 4.74 Å². The largest absolute Gasteiger partial charge is 0.465 e. The van der Waals surface area contributed by atoms with E-state index in [4.69, 9.17) is 0 Å². The number of allylic oxidation sites excluding steroid dienone is 3. The number of ether oxygens (including phenoxy) is 1. The standard InChI is InChI=1S/C12H18O3/c1-5-7-8-10(12(14)15-4)11(13)9(3)6-2/h6,8H,5,7H2,1-4H3/b9-6+,10-8-. The van der Waals surface area contributed by atoms with E-state index in [-0.39, 0.29) is 11.4 Å². The molecule has 84 valence electrons. The highest BCUT2D eigenvalue weighted by atomic mass is 16.5. The molecule has 0 saturated carbocycles. The van der Waals surface area contributed by atoms with Gasteiger partial charge in [-0.05, 0) is 25.8 Å². The van der Waals surface area contributed by atoms with Crippen LogP contribution in [0.1, 0.15) is 33.6 Å². The molecule has 0 aromatic carbocycles. The van der Waals surface area contributed by atoms with Gasteiger partial charge in [-0.2, -0.15) is 0 Å². The summed E-state index contributed by atoms with van der Waals surface area (Å²) in [4.78, 5) is 23.1. The van der Waals surface area contributed by atoms with Gasteiger partial charge < -0.3 is 4.74 Å². The van der Waals surface area contributed by atoms with Crippen molar-refractivity contribution in [3.63, 3.8) is 0 Å². The van der Waals surface area contributed by atoms with Gasteiger partial charge in [0.2, 0.25) is 0 Å². The molecule has 0 N–H and O–H groups in total. The summed E-state index contributed by atoms with van der Waals surface area (Å²) in [5.41, 5.74) is 0.692. The zero-order chi connectivity index (χ0) is 11.8. The predicted octanol–water partition coefficient (Wildman–Crippen LogP) is 2.42. The fourth-order valence-corrected chi connectivity index (χ4v) is 1.01. The van der Waals surface area contributed by atoms with Crippen LogP contribution in [0.5, 0.6) is 0 Å². The summed E-state index contributed by atoms with van der Waals surface area (Å²) in [5, 5.41) is 0. The number of carbonyl (C=O) groups excluding carboxylic acids is 2. The first-order valence-electron chi connectivity index (χ1n) is 5.04. The number of rotatable bonds is 5. The summed E-state index contributed by atoms with van der Waals surface area (Å²) in [6.45, 7) is 5.44. The predicted molar refractivity (Wildman–Crippen MR) is 59.4 cm³/mol. The lowest BCUT2D eigenvalue weighted by atomic mass is 10.0. The molecule has 0 rings (SSSR count). The fraction of sp³-hybridized carbons (Fsp3) is 0.500. The van der Waals surface area contributed by atoms with Gasteiger partial charge in [-0.15, -0.1) is 0 Å². The SMILES string of the molecule is C/C=C(\C)C(=O)/C(=C/CCC)C(=O)OC. The molecule has 0 aliphatic carbocycles. The van der Waals surface area contributed by atoms with Gasteiger partial charge in [0.25, 0.3) is 0 Å². The van der Waals surface area contributed by atoms with E-state index in [1.165, 1.54) is 7.11 Å². The second-order valence-electron chi connectivity index (χ2n) is 3.20. The quantitative estimate of drug-likeness (QED) is 0.303. The van der Waals surface area contributed by atoms with E-state index in [0.717, 1.165) is 6.42 Å². The summed E-state index contributed by atoms with van der Waals surface area (Å²) >= 11 is 0. The molecule has 0 aromatic heterocycles. The summed E-state index contributed by atoms with van der Waals surface area (Å²) < 4.78 is 4.57. The molecule has 0 radical (unpaired) electrons. The fourth-order valence-electron chi connectivity index (χ4n) is 1.01. The Hall–Kier alpha value is -1.38. The first-order valence-corrected chi connectivity index (χ1v) is 5.04. The van der Waals surface area contributed by atoms with Crippen LogP contribution in [0.15, 0.2) is 23.3 Å². The average Bonchev–Trinajstić information content (AvgIpc) is 2.27. The van der Waals surface area contributed by atoms with E-state index in [9.17, 15) is 9.59 Å². The number of esters is 1. The van der Waals surface area contributed by atoms with E-state index < -0.39 is 5.97 Å². The van der Waals surface area contributed by atoms with Gasteiger partial charge in [0, 0.05) is 0 Å². The van der Waals surface area contributed by atoms with Gasteiger partial charge >= 0.3 is 5.97 Å². The van der Waals surface area contributed by atoms with Gasteiger partial charge in [0.15, 0.2) is 5.78 Å². The second-order valence-corrected chi connectivity index (χ2v) is 3.20. The number of carbonyl (C=O) groups is 2. The smallest absolute Gasteiger partial charge is 0.341 e. The minimum Gasteiger partial charge on any atom is -0.465 e. The lowest BCUT2D eigenvalue weighted by Crippen LogP contribution is -2.15. The van der Waals surface area contributed by atoms with Crippen molar-refractivity contribution in [1.29, 1.82) is 0 Å². The molecule has 0 amide bonds. The molecule has 3 heteroatoms. The van der Waals surface area contributed by atoms with Crippen molar-refractivity contribution >= 4 is 11.8 Å². The molecule has 0 unspecified atom stereocenters. The number of unbranched alkanes of at least 4 members (excludes halogenated alkanes) is 1. The Kier molecular flexibility index (Phi) is 6.34. The Balaban J connectivity index is 4.95. The Morgan fingerprint density at radius 2 is 1.93 bits per heavy atom. The van der Waals surface area contributed by atoms with Crippen molar-refractivity contribution in [1.82, 2.24) is 0 Å². The minimum atomic E-state index is -0.561. The first kappa shape index (κ1) is 13.6. The van der Waals surface area contributed by atoms with Crippen molar-refractivity contribution in [3.05, 3.63) is 23.3 Å². The Bertz CT molecular complexity index is 298. The van der Waals surface area contributed by atoms with Crippen LogP contribution in [0.25, 0.3) is 0 Å². The topological polar surface area (TPSA) is 43.4 Å². The summed E-state index contributed by atoms with van der Waals surface area (Å²) in [6, 6.07) is 0. The molecule has 0 aromatic rings. The number of ketones is 1. The van der Waals surface area contributed by atoms with Crippen LogP contribution in [-0.4, -0.2) is 18.9 Å². The van der Waals surface area contributed by atoms with Crippen molar-refractivity contribution in [2.45, 2.75) is 33.6 Å². The summed E-state index contributed by atoms with van der Waals surface area (Å²) in [7, 11) is 1.28. The van der Waals surface area contributed by atoms with Gasteiger partial charge in [-0.3, -0.25) is 4.79 Å². The molecular formula is C12H18O3. The van der Waals surface area contributed by atoms with Crippen molar-refractivity contribution < 1.29 is 14.3 Å². The second kappa shape index (κ2) is 6.98. The molecule has 0 aliphatic rings. The summed E-state index contributed by atoms with van der Waals surface area (Å²) in [5.74, 6) is -0.813. The molecule has 0 bridgehead atoms.